The maximum atomic E-state index is 13.5. The molecule has 0 aromatic heterocycles. The molecule has 0 aliphatic carbocycles. The van der Waals surface area contributed by atoms with Crippen molar-refractivity contribution in [3.05, 3.63) is 34.6 Å². The lowest BCUT2D eigenvalue weighted by atomic mass is 9.95. The fourth-order valence-corrected chi connectivity index (χ4v) is 2.32. The van der Waals surface area contributed by atoms with Gasteiger partial charge in [0.05, 0.1) is 5.56 Å². The molecule has 18 heavy (non-hydrogen) atoms. The predicted octanol–water partition coefficient (Wildman–Crippen LogP) is 2.21. The highest BCUT2D eigenvalue weighted by atomic mass is 35.5. The van der Waals surface area contributed by atoms with E-state index in [1.165, 1.54) is 18.2 Å². The summed E-state index contributed by atoms with van der Waals surface area (Å²) in [5.74, 6) is -0.600. The molecule has 5 heteroatoms. The van der Waals surface area contributed by atoms with Crippen LogP contribution in [0.3, 0.4) is 0 Å². The first-order chi connectivity index (χ1) is 8.58. The van der Waals surface area contributed by atoms with Crippen molar-refractivity contribution in [3.8, 4) is 0 Å². The molecule has 2 N–H and O–H groups in total. The van der Waals surface area contributed by atoms with Crippen molar-refractivity contribution < 1.29 is 9.18 Å². The molecule has 0 spiro atoms. The number of carbonyl (C=O) groups is 1. The van der Waals surface area contributed by atoms with Gasteiger partial charge >= 0.3 is 0 Å². The first-order valence-electron chi connectivity index (χ1n) is 6.04. The van der Waals surface area contributed by atoms with Crippen molar-refractivity contribution in [3.63, 3.8) is 0 Å². The summed E-state index contributed by atoms with van der Waals surface area (Å²) in [6.07, 6.45) is 0.856. The Balaban J connectivity index is 2.09. The van der Waals surface area contributed by atoms with Gasteiger partial charge < -0.3 is 10.6 Å². The van der Waals surface area contributed by atoms with Crippen molar-refractivity contribution in [2.75, 3.05) is 13.1 Å². The maximum Gasteiger partial charge on any atom is 0.254 e. The smallest absolute Gasteiger partial charge is 0.254 e. The summed E-state index contributed by atoms with van der Waals surface area (Å²) >= 11 is 5.78. The van der Waals surface area contributed by atoms with Gasteiger partial charge in [-0.15, -0.1) is 0 Å². The van der Waals surface area contributed by atoms with Crippen LogP contribution in [0, 0.1) is 11.7 Å². The van der Waals surface area contributed by atoms with Crippen LogP contribution in [0.1, 0.15) is 23.7 Å². The molecule has 3 nitrogen and oxygen atoms in total. The van der Waals surface area contributed by atoms with E-state index in [1.54, 1.807) is 0 Å². The highest BCUT2D eigenvalue weighted by Crippen LogP contribution is 2.16. The Morgan fingerprint density at radius 3 is 3.06 bits per heavy atom. The van der Waals surface area contributed by atoms with Crippen molar-refractivity contribution in [2.45, 2.75) is 19.4 Å². The normalized spacial score (nSPS) is 23.7. The van der Waals surface area contributed by atoms with Crippen LogP contribution in [0.25, 0.3) is 0 Å². The lowest BCUT2D eigenvalue weighted by molar-refractivity contribution is 0.0910. The van der Waals surface area contributed by atoms with Crippen LogP contribution in [0.4, 0.5) is 4.39 Å². The highest BCUT2D eigenvalue weighted by molar-refractivity contribution is 6.31. The van der Waals surface area contributed by atoms with Crippen LogP contribution in [-0.2, 0) is 0 Å². The van der Waals surface area contributed by atoms with Gasteiger partial charge in [0.2, 0.25) is 0 Å². The Morgan fingerprint density at radius 2 is 2.33 bits per heavy atom. The summed E-state index contributed by atoms with van der Waals surface area (Å²) in [5.41, 5.74) is 0.00762. The fraction of sp³-hybridized carbons (Fsp3) is 0.462. The number of carbonyl (C=O) groups excluding carboxylic acids is 1. The number of rotatable bonds is 2. The van der Waals surface area contributed by atoms with Gasteiger partial charge in [-0.25, -0.2) is 4.39 Å². The number of hydrogen-bond acceptors (Lipinski definition) is 2. The molecule has 0 saturated carbocycles. The standard InChI is InChI=1S/C13H16ClFN2O/c1-8-7-16-5-4-12(8)17-13(18)10-6-9(14)2-3-11(10)15/h2-3,6,8,12,16H,4-5,7H2,1H3,(H,17,18). The Kier molecular flexibility index (Phi) is 4.19. The Bertz CT molecular complexity index is 453. The van der Waals surface area contributed by atoms with Gasteiger partial charge in [0, 0.05) is 11.1 Å². The zero-order chi connectivity index (χ0) is 13.1. The maximum absolute atomic E-state index is 13.5. The molecule has 1 saturated heterocycles. The molecule has 1 fully saturated rings. The van der Waals surface area contributed by atoms with Crippen LogP contribution in [0.2, 0.25) is 5.02 Å². The Hall–Kier alpha value is -1.13. The summed E-state index contributed by atoms with van der Waals surface area (Å²) < 4.78 is 13.5. The van der Waals surface area contributed by atoms with Crippen LogP contribution in [0.15, 0.2) is 18.2 Å². The minimum atomic E-state index is -0.543. The fourth-order valence-electron chi connectivity index (χ4n) is 2.15. The third kappa shape index (κ3) is 3.00. The number of piperidine rings is 1. The average Bonchev–Trinajstić information content (AvgIpc) is 2.35. The van der Waals surface area contributed by atoms with E-state index in [0.717, 1.165) is 19.5 Å². The molecule has 2 rings (SSSR count). The molecule has 1 aromatic rings. The second-order valence-corrected chi connectivity index (χ2v) is 5.11. The van der Waals surface area contributed by atoms with Gasteiger partial charge in [-0.05, 0) is 43.6 Å². The van der Waals surface area contributed by atoms with Gasteiger partial charge in [-0.2, -0.15) is 0 Å². The Morgan fingerprint density at radius 1 is 1.56 bits per heavy atom. The molecule has 1 aromatic carbocycles. The largest absolute Gasteiger partial charge is 0.349 e. The zero-order valence-corrected chi connectivity index (χ0v) is 10.9. The van der Waals surface area contributed by atoms with E-state index < -0.39 is 11.7 Å². The van der Waals surface area contributed by atoms with E-state index in [-0.39, 0.29) is 11.6 Å². The molecule has 2 atom stereocenters. The van der Waals surface area contributed by atoms with E-state index in [4.69, 9.17) is 11.6 Å². The summed E-state index contributed by atoms with van der Waals surface area (Å²) in [4.78, 5) is 12.0. The van der Waals surface area contributed by atoms with Crippen molar-refractivity contribution >= 4 is 17.5 Å². The minimum absolute atomic E-state index is 0.00762. The number of benzene rings is 1. The SMILES string of the molecule is CC1CNCCC1NC(=O)c1cc(Cl)ccc1F. The summed E-state index contributed by atoms with van der Waals surface area (Å²) in [7, 11) is 0. The van der Waals surface area contributed by atoms with Crippen LogP contribution in [-0.4, -0.2) is 25.0 Å². The summed E-state index contributed by atoms with van der Waals surface area (Å²) in [6.45, 7) is 3.79. The Labute approximate surface area is 111 Å². The summed E-state index contributed by atoms with van der Waals surface area (Å²) in [5, 5.41) is 6.49. The lowest BCUT2D eigenvalue weighted by Gasteiger charge is -2.30. The van der Waals surface area contributed by atoms with E-state index in [1.807, 2.05) is 0 Å². The van der Waals surface area contributed by atoms with E-state index in [9.17, 15) is 9.18 Å². The van der Waals surface area contributed by atoms with Gasteiger partial charge in [0.25, 0.3) is 5.91 Å². The van der Waals surface area contributed by atoms with E-state index in [0.29, 0.717) is 10.9 Å². The first kappa shape index (κ1) is 13.3. The topological polar surface area (TPSA) is 41.1 Å². The molecule has 0 radical (unpaired) electrons. The van der Waals surface area contributed by atoms with Gasteiger partial charge in [-0.1, -0.05) is 18.5 Å². The van der Waals surface area contributed by atoms with Gasteiger partial charge in [0.15, 0.2) is 0 Å². The second-order valence-electron chi connectivity index (χ2n) is 4.67. The minimum Gasteiger partial charge on any atom is -0.349 e. The molecule has 1 heterocycles. The molecule has 1 aliphatic heterocycles. The van der Waals surface area contributed by atoms with Crippen LogP contribution in [0.5, 0.6) is 0 Å². The monoisotopic (exact) mass is 270 g/mol. The van der Waals surface area contributed by atoms with Crippen molar-refractivity contribution in [1.82, 2.24) is 10.6 Å². The first-order valence-corrected chi connectivity index (χ1v) is 6.42. The molecular formula is C13H16ClFN2O. The zero-order valence-electron chi connectivity index (χ0n) is 10.2. The average molecular weight is 271 g/mol. The number of amides is 1. The molecule has 1 amide bonds. The third-order valence-corrected chi connectivity index (χ3v) is 3.51. The highest BCUT2D eigenvalue weighted by Gasteiger charge is 2.24. The number of halogens is 2. The second kappa shape index (κ2) is 5.67. The predicted molar refractivity (Wildman–Crippen MR) is 69.3 cm³/mol. The molecule has 98 valence electrons. The quantitative estimate of drug-likeness (QED) is 0.865. The number of nitrogens with one attached hydrogen (secondary N) is 2. The van der Waals surface area contributed by atoms with Gasteiger partial charge in [0.1, 0.15) is 5.82 Å². The lowest BCUT2D eigenvalue weighted by Crippen LogP contribution is -2.48. The third-order valence-electron chi connectivity index (χ3n) is 3.27. The van der Waals surface area contributed by atoms with Crippen LogP contribution < -0.4 is 10.6 Å². The van der Waals surface area contributed by atoms with Crippen molar-refractivity contribution in [1.29, 1.82) is 0 Å². The van der Waals surface area contributed by atoms with E-state index >= 15 is 0 Å². The van der Waals surface area contributed by atoms with Gasteiger partial charge in [-0.3, -0.25) is 4.79 Å². The number of hydrogen-bond donors (Lipinski definition) is 2. The summed E-state index contributed by atoms with van der Waals surface area (Å²) in [6, 6.07) is 4.08. The van der Waals surface area contributed by atoms with Crippen LogP contribution >= 0.6 is 11.6 Å². The molecule has 1 aliphatic rings. The van der Waals surface area contributed by atoms with Crippen molar-refractivity contribution in [2.24, 2.45) is 5.92 Å². The van der Waals surface area contributed by atoms with E-state index in [2.05, 4.69) is 17.6 Å². The molecular weight excluding hydrogens is 255 g/mol. The molecule has 0 bridgehead atoms. The molecule has 2 unspecified atom stereocenters.